The van der Waals surface area contributed by atoms with Crippen molar-refractivity contribution in [2.45, 2.75) is 32.9 Å². The number of primary amides is 1. The van der Waals surface area contributed by atoms with Crippen molar-refractivity contribution in [1.29, 1.82) is 0 Å². The summed E-state index contributed by atoms with van der Waals surface area (Å²) >= 11 is 0. The van der Waals surface area contributed by atoms with Gasteiger partial charge in [-0.3, -0.25) is 4.79 Å². The van der Waals surface area contributed by atoms with Crippen molar-refractivity contribution in [3.63, 3.8) is 0 Å². The second kappa shape index (κ2) is 6.23. The Morgan fingerprint density at radius 2 is 1.87 bits per heavy atom. The average Bonchev–Trinajstić information content (AvgIpc) is 2.13. The van der Waals surface area contributed by atoms with Crippen LogP contribution in [0.2, 0.25) is 0 Å². The fraction of sp³-hybridized carbons (Fsp3) is 0.778. The Morgan fingerprint density at radius 1 is 1.33 bits per heavy atom. The summed E-state index contributed by atoms with van der Waals surface area (Å²) < 4.78 is 4.54. The van der Waals surface area contributed by atoms with Crippen molar-refractivity contribution < 1.29 is 14.3 Å². The molecule has 0 bridgehead atoms. The molecule has 2 unspecified atom stereocenters. The van der Waals surface area contributed by atoms with Crippen LogP contribution in [0.25, 0.3) is 0 Å². The Kier molecular flexibility index (Phi) is 5.69. The van der Waals surface area contributed by atoms with E-state index in [-0.39, 0.29) is 30.5 Å². The van der Waals surface area contributed by atoms with Crippen molar-refractivity contribution in [3.8, 4) is 0 Å². The maximum atomic E-state index is 11.5. The summed E-state index contributed by atoms with van der Waals surface area (Å²) in [6.07, 6.45) is -0.851. The standard InChI is InChI=1S/C9H19N3O3/c1-5(4-15-9(11)14)12-8(13)6(2)7(3)10/h5-7H,4,10H2,1-3H3,(H2,11,14)(H,12,13)/t5-,6?,7?/m0/s1. The van der Waals surface area contributed by atoms with Gasteiger partial charge in [0, 0.05) is 12.0 Å². The second-order valence-corrected chi connectivity index (χ2v) is 3.69. The smallest absolute Gasteiger partial charge is 0.404 e. The molecule has 88 valence electrons. The Morgan fingerprint density at radius 3 is 2.27 bits per heavy atom. The Labute approximate surface area is 89.3 Å². The van der Waals surface area contributed by atoms with E-state index in [0.29, 0.717) is 0 Å². The average molecular weight is 217 g/mol. The number of hydrogen-bond donors (Lipinski definition) is 3. The minimum absolute atomic E-state index is 0.0622. The molecule has 0 saturated heterocycles. The number of carbonyl (C=O) groups is 2. The van der Waals surface area contributed by atoms with Crippen LogP contribution in [0.15, 0.2) is 0 Å². The molecule has 0 saturated carbocycles. The van der Waals surface area contributed by atoms with Crippen molar-refractivity contribution in [2.24, 2.45) is 17.4 Å². The molecule has 0 rings (SSSR count). The maximum Gasteiger partial charge on any atom is 0.404 e. The van der Waals surface area contributed by atoms with E-state index in [0.717, 1.165) is 0 Å². The first kappa shape index (κ1) is 13.7. The SMILES string of the molecule is CC(N)C(C)C(=O)N[C@@H](C)COC(N)=O. The summed E-state index contributed by atoms with van der Waals surface area (Å²) in [4.78, 5) is 21.8. The quantitative estimate of drug-likeness (QED) is 0.580. The lowest BCUT2D eigenvalue weighted by Crippen LogP contribution is -2.44. The number of hydrogen-bond acceptors (Lipinski definition) is 4. The molecule has 5 N–H and O–H groups in total. The van der Waals surface area contributed by atoms with E-state index in [1.807, 2.05) is 0 Å². The minimum Gasteiger partial charge on any atom is -0.448 e. The van der Waals surface area contributed by atoms with E-state index in [1.165, 1.54) is 0 Å². The van der Waals surface area contributed by atoms with Gasteiger partial charge in [0.1, 0.15) is 6.61 Å². The van der Waals surface area contributed by atoms with Crippen LogP contribution >= 0.6 is 0 Å². The molecule has 0 aliphatic carbocycles. The third-order valence-electron chi connectivity index (χ3n) is 2.07. The van der Waals surface area contributed by atoms with Gasteiger partial charge in [0.25, 0.3) is 0 Å². The highest BCUT2D eigenvalue weighted by Crippen LogP contribution is 2.00. The monoisotopic (exact) mass is 217 g/mol. The molecule has 0 heterocycles. The Balaban J connectivity index is 3.90. The zero-order valence-corrected chi connectivity index (χ0v) is 9.32. The lowest BCUT2D eigenvalue weighted by Gasteiger charge is -2.19. The lowest BCUT2D eigenvalue weighted by molar-refractivity contribution is -0.125. The molecule has 0 aliphatic rings. The zero-order chi connectivity index (χ0) is 12.0. The van der Waals surface area contributed by atoms with Crippen molar-refractivity contribution >= 4 is 12.0 Å². The molecular weight excluding hydrogens is 198 g/mol. The third kappa shape index (κ3) is 5.90. The van der Waals surface area contributed by atoms with Crippen LogP contribution < -0.4 is 16.8 Å². The summed E-state index contributed by atoms with van der Waals surface area (Å²) in [5.74, 6) is -0.438. The van der Waals surface area contributed by atoms with Crippen LogP contribution in [-0.2, 0) is 9.53 Å². The van der Waals surface area contributed by atoms with Crippen molar-refractivity contribution in [2.75, 3.05) is 6.61 Å². The molecule has 0 aromatic rings. The van der Waals surface area contributed by atoms with Crippen LogP contribution in [0.1, 0.15) is 20.8 Å². The molecule has 3 atom stereocenters. The summed E-state index contributed by atoms with van der Waals surface area (Å²) in [6.45, 7) is 5.28. The number of ether oxygens (including phenoxy) is 1. The fourth-order valence-electron chi connectivity index (χ4n) is 0.862. The van der Waals surface area contributed by atoms with Gasteiger partial charge in [0.15, 0.2) is 0 Å². The van der Waals surface area contributed by atoms with Crippen LogP contribution in [0.4, 0.5) is 4.79 Å². The molecule has 0 aromatic heterocycles. The minimum atomic E-state index is -0.851. The van der Waals surface area contributed by atoms with Gasteiger partial charge in [-0.1, -0.05) is 6.92 Å². The third-order valence-corrected chi connectivity index (χ3v) is 2.07. The van der Waals surface area contributed by atoms with E-state index in [1.54, 1.807) is 20.8 Å². The summed E-state index contributed by atoms with van der Waals surface area (Å²) in [6, 6.07) is -0.486. The van der Waals surface area contributed by atoms with Crippen molar-refractivity contribution in [3.05, 3.63) is 0 Å². The van der Waals surface area contributed by atoms with Crippen LogP contribution in [0, 0.1) is 5.92 Å². The van der Waals surface area contributed by atoms with Gasteiger partial charge in [-0.25, -0.2) is 4.79 Å². The van der Waals surface area contributed by atoms with E-state index >= 15 is 0 Å². The molecule has 0 aromatic carbocycles. The molecule has 6 nitrogen and oxygen atoms in total. The van der Waals surface area contributed by atoms with E-state index in [2.05, 4.69) is 10.1 Å². The fourth-order valence-corrected chi connectivity index (χ4v) is 0.862. The summed E-state index contributed by atoms with van der Waals surface area (Å²) in [5.41, 5.74) is 10.4. The predicted octanol–water partition coefficient (Wildman–Crippen LogP) is -0.430. The highest BCUT2D eigenvalue weighted by molar-refractivity contribution is 5.79. The molecule has 15 heavy (non-hydrogen) atoms. The van der Waals surface area contributed by atoms with Gasteiger partial charge in [-0.2, -0.15) is 0 Å². The van der Waals surface area contributed by atoms with E-state index < -0.39 is 6.09 Å². The topological polar surface area (TPSA) is 107 Å². The number of nitrogens with two attached hydrogens (primary N) is 2. The first-order chi connectivity index (χ1) is 6.84. The van der Waals surface area contributed by atoms with Crippen LogP contribution in [-0.4, -0.2) is 30.7 Å². The van der Waals surface area contributed by atoms with Gasteiger partial charge in [-0.05, 0) is 13.8 Å². The van der Waals surface area contributed by atoms with Gasteiger partial charge < -0.3 is 21.5 Å². The van der Waals surface area contributed by atoms with Gasteiger partial charge in [0.2, 0.25) is 5.91 Å². The first-order valence-corrected chi connectivity index (χ1v) is 4.82. The number of amides is 2. The molecular formula is C9H19N3O3. The molecule has 0 fully saturated rings. The van der Waals surface area contributed by atoms with Gasteiger partial charge >= 0.3 is 6.09 Å². The maximum absolute atomic E-state index is 11.5. The largest absolute Gasteiger partial charge is 0.448 e. The van der Waals surface area contributed by atoms with Crippen molar-refractivity contribution in [1.82, 2.24) is 5.32 Å². The molecule has 0 aliphatic heterocycles. The lowest BCUT2D eigenvalue weighted by atomic mass is 10.0. The molecule has 0 radical (unpaired) electrons. The van der Waals surface area contributed by atoms with Gasteiger partial charge in [-0.15, -0.1) is 0 Å². The highest BCUT2D eigenvalue weighted by Gasteiger charge is 2.18. The summed E-state index contributed by atoms with van der Waals surface area (Å²) in [5, 5.41) is 2.66. The van der Waals surface area contributed by atoms with E-state index in [4.69, 9.17) is 11.5 Å². The van der Waals surface area contributed by atoms with Gasteiger partial charge in [0.05, 0.1) is 6.04 Å². The molecule has 6 heteroatoms. The highest BCUT2D eigenvalue weighted by atomic mass is 16.5. The first-order valence-electron chi connectivity index (χ1n) is 4.82. The number of rotatable bonds is 5. The molecule has 2 amide bonds. The van der Waals surface area contributed by atoms with Crippen LogP contribution in [0.3, 0.4) is 0 Å². The Hall–Kier alpha value is -1.30. The van der Waals surface area contributed by atoms with E-state index in [9.17, 15) is 9.59 Å². The molecule has 0 spiro atoms. The number of carbonyl (C=O) groups excluding carboxylic acids is 2. The second-order valence-electron chi connectivity index (χ2n) is 3.69. The Bertz CT molecular complexity index is 231. The summed E-state index contributed by atoms with van der Waals surface area (Å²) in [7, 11) is 0. The number of nitrogens with one attached hydrogen (secondary N) is 1. The van der Waals surface area contributed by atoms with Crippen LogP contribution in [0.5, 0.6) is 0 Å². The normalized spacial score (nSPS) is 16.3. The zero-order valence-electron chi connectivity index (χ0n) is 9.32. The predicted molar refractivity (Wildman–Crippen MR) is 56.0 cm³/mol.